The van der Waals surface area contributed by atoms with Crippen LogP contribution in [0.1, 0.15) is 12.5 Å². The number of methoxy groups -OCH3 is 1. The Kier molecular flexibility index (Phi) is 6.46. The van der Waals surface area contributed by atoms with Crippen LogP contribution in [0, 0.1) is 0 Å². The van der Waals surface area contributed by atoms with Gasteiger partial charge in [-0.2, -0.15) is 0 Å². The Balaban J connectivity index is 2.75. The first kappa shape index (κ1) is 14.7. The molecule has 1 rings (SSSR count). The summed E-state index contributed by atoms with van der Waals surface area (Å²) in [7, 11) is 1.55. The van der Waals surface area contributed by atoms with E-state index in [0.717, 1.165) is 10.0 Å². The quantitative estimate of drug-likeness (QED) is 0.460. The fraction of sp³-hybridized carbons (Fsp3) is 0.308. The molecule has 0 heterocycles. The van der Waals surface area contributed by atoms with Crippen LogP contribution in [0.15, 0.2) is 28.7 Å². The molecule has 18 heavy (non-hydrogen) atoms. The molecule has 0 radical (unpaired) electrons. The zero-order valence-electron chi connectivity index (χ0n) is 10.3. The molecule has 98 valence electrons. The molecule has 0 bridgehead atoms. The molecule has 0 aliphatic heterocycles. The van der Waals surface area contributed by atoms with Crippen molar-refractivity contribution < 1.29 is 19.0 Å². The molecule has 5 heteroatoms. The zero-order chi connectivity index (χ0) is 13.4. The largest absolute Gasteiger partial charge is 0.466 e. The van der Waals surface area contributed by atoms with Gasteiger partial charge in [-0.05, 0) is 46.6 Å². The van der Waals surface area contributed by atoms with Gasteiger partial charge in [0.25, 0.3) is 0 Å². The number of ether oxygens (including phenoxy) is 3. The summed E-state index contributed by atoms with van der Waals surface area (Å²) in [6.45, 7) is 2.30. The summed E-state index contributed by atoms with van der Waals surface area (Å²) < 4.78 is 15.8. The monoisotopic (exact) mass is 314 g/mol. The van der Waals surface area contributed by atoms with Gasteiger partial charge >= 0.3 is 5.97 Å². The molecule has 0 aliphatic carbocycles. The van der Waals surface area contributed by atoms with Crippen molar-refractivity contribution >= 4 is 28.0 Å². The molecule has 0 atom stereocenters. The van der Waals surface area contributed by atoms with Gasteiger partial charge in [0.05, 0.1) is 11.1 Å². The summed E-state index contributed by atoms with van der Waals surface area (Å²) in [5.41, 5.74) is 0.845. The number of esters is 1. The van der Waals surface area contributed by atoms with Gasteiger partial charge in [0, 0.05) is 13.2 Å². The van der Waals surface area contributed by atoms with E-state index in [1.165, 1.54) is 6.08 Å². The normalized spacial score (nSPS) is 10.6. The van der Waals surface area contributed by atoms with Crippen molar-refractivity contribution in [2.24, 2.45) is 0 Å². The van der Waals surface area contributed by atoms with Crippen molar-refractivity contribution in [1.82, 2.24) is 0 Å². The lowest BCUT2D eigenvalue weighted by atomic mass is 10.2. The highest BCUT2D eigenvalue weighted by Gasteiger charge is 2.02. The first-order valence-electron chi connectivity index (χ1n) is 5.43. The van der Waals surface area contributed by atoms with E-state index in [1.807, 2.05) is 12.1 Å². The van der Waals surface area contributed by atoms with Gasteiger partial charge < -0.3 is 14.2 Å². The SMILES string of the molecule is CCOC(=O)/C=C/c1ccc(Br)c(OCOC)c1. The molecule has 0 fully saturated rings. The van der Waals surface area contributed by atoms with Gasteiger partial charge in [-0.25, -0.2) is 4.79 Å². The van der Waals surface area contributed by atoms with Gasteiger partial charge in [0.1, 0.15) is 5.75 Å². The Morgan fingerprint density at radius 1 is 1.44 bits per heavy atom. The summed E-state index contributed by atoms with van der Waals surface area (Å²) in [5, 5.41) is 0. The van der Waals surface area contributed by atoms with Crippen molar-refractivity contribution in [3.8, 4) is 5.75 Å². The Hall–Kier alpha value is -1.33. The van der Waals surface area contributed by atoms with Crippen molar-refractivity contribution in [2.75, 3.05) is 20.5 Å². The molecule has 0 saturated carbocycles. The van der Waals surface area contributed by atoms with E-state index in [9.17, 15) is 4.79 Å². The van der Waals surface area contributed by atoms with Crippen LogP contribution in [-0.4, -0.2) is 26.5 Å². The van der Waals surface area contributed by atoms with Gasteiger partial charge in [0.15, 0.2) is 6.79 Å². The number of halogens is 1. The Labute approximate surface area is 115 Å². The van der Waals surface area contributed by atoms with E-state index >= 15 is 0 Å². The summed E-state index contributed by atoms with van der Waals surface area (Å²) in [4.78, 5) is 11.2. The molecule has 0 aromatic heterocycles. The summed E-state index contributed by atoms with van der Waals surface area (Å²) >= 11 is 3.37. The number of hydrogen-bond donors (Lipinski definition) is 0. The van der Waals surface area contributed by atoms with Crippen molar-refractivity contribution in [2.45, 2.75) is 6.92 Å². The molecule has 1 aromatic rings. The zero-order valence-corrected chi connectivity index (χ0v) is 11.9. The second kappa shape index (κ2) is 7.89. The fourth-order valence-corrected chi connectivity index (χ4v) is 1.57. The maximum Gasteiger partial charge on any atom is 0.330 e. The lowest BCUT2D eigenvalue weighted by Gasteiger charge is -2.07. The van der Waals surface area contributed by atoms with Gasteiger partial charge in [-0.15, -0.1) is 0 Å². The predicted molar refractivity (Wildman–Crippen MR) is 72.3 cm³/mol. The van der Waals surface area contributed by atoms with E-state index in [1.54, 1.807) is 26.2 Å². The third-order valence-electron chi connectivity index (χ3n) is 1.99. The standard InChI is InChI=1S/C13H15BrO4/c1-3-17-13(15)7-5-10-4-6-11(14)12(8-10)18-9-16-2/h4-8H,3,9H2,1-2H3/b7-5+. The van der Waals surface area contributed by atoms with Crippen LogP contribution < -0.4 is 4.74 Å². The van der Waals surface area contributed by atoms with Crippen molar-refractivity contribution in [1.29, 1.82) is 0 Å². The maximum absolute atomic E-state index is 11.2. The van der Waals surface area contributed by atoms with E-state index < -0.39 is 0 Å². The molecule has 0 amide bonds. The first-order chi connectivity index (χ1) is 8.67. The van der Waals surface area contributed by atoms with Crippen LogP contribution in [0.25, 0.3) is 6.08 Å². The van der Waals surface area contributed by atoms with Crippen LogP contribution in [0.5, 0.6) is 5.75 Å². The fourth-order valence-electron chi connectivity index (χ4n) is 1.21. The third-order valence-corrected chi connectivity index (χ3v) is 2.64. The highest BCUT2D eigenvalue weighted by molar-refractivity contribution is 9.10. The van der Waals surface area contributed by atoms with Gasteiger partial charge in [-0.1, -0.05) is 6.07 Å². The molecule has 4 nitrogen and oxygen atoms in total. The second-order valence-electron chi connectivity index (χ2n) is 3.33. The minimum atomic E-state index is -0.361. The summed E-state index contributed by atoms with van der Waals surface area (Å²) in [6, 6.07) is 5.51. The molecule has 0 spiro atoms. The van der Waals surface area contributed by atoms with Crippen molar-refractivity contribution in [3.05, 3.63) is 34.3 Å². The molecule has 0 N–H and O–H groups in total. The number of benzene rings is 1. The first-order valence-corrected chi connectivity index (χ1v) is 6.22. The molecule has 0 unspecified atom stereocenters. The summed E-state index contributed by atoms with van der Waals surface area (Å²) in [5.74, 6) is 0.294. The third kappa shape index (κ3) is 4.89. The highest BCUT2D eigenvalue weighted by Crippen LogP contribution is 2.26. The van der Waals surface area contributed by atoms with Gasteiger partial charge in [-0.3, -0.25) is 0 Å². The Morgan fingerprint density at radius 2 is 2.22 bits per heavy atom. The molecule has 0 aliphatic rings. The van der Waals surface area contributed by atoms with Gasteiger partial charge in [0.2, 0.25) is 0 Å². The van der Waals surface area contributed by atoms with E-state index in [0.29, 0.717) is 12.4 Å². The van der Waals surface area contributed by atoms with Crippen LogP contribution >= 0.6 is 15.9 Å². The minimum Gasteiger partial charge on any atom is -0.466 e. The molecular weight excluding hydrogens is 300 g/mol. The maximum atomic E-state index is 11.2. The molecule has 1 aromatic carbocycles. The average Bonchev–Trinajstić information content (AvgIpc) is 2.36. The minimum absolute atomic E-state index is 0.170. The Bertz CT molecular complexity index is 429. The molecule has 0 saturated heterocycles. The van der Waals surface area contributed by atoms with E-state index in [-0.39, 0.29) is 12.8 Å². The number of carbonyl (C=O) groups excluding carboxylic acids is 1. The van der Waals surface area contributed by atoms with Crippen LogP contribution in [0.4, 0.5) is 0 Å². The number of hydrogen-bond acceptors (Lipinski definition) is 4. The van der Waals surface area contributed by atoms with E-state index in [2.05, 4.69) is 15.9 Å². The highest BCUT2D eigenvalue weighted by atomic mass is 79.9. The number of rotatable bonds is 6. The Morgan fingerprint density at radius 3 is 2.89 bits per heavy atom. The predicted octanol–water partition coefficient (Wildman–Crippen LogP) is 3.01. The van der Waals surface area contributed by atoms with Crippen LogP contribution in [0.2, 0.25) is 0 Å². The second-order valence-corrected chi connectivity index (χ2v) is 4.18. The van der Waals surface area contributed by atoms with E-state index in [4.69, 9.17) is 14.2 Å². The number of carbonyl (C=O) groups is 1. The lowest BCUT2D eigenvalue weighted by Crippen LogP contribution is -2.00. The smallest absolute Gasteiger partial charge is 0.330 e. The van der Waals surface area contributed by atoms with Crippen molar-refractivity contribution in [3.63, 3.8) is 0 Å². The van der Waals surface area contributed by atoms with Crippen LogP contribution in [-0.2, 0) is 14.3 Å². The molecular formula is C13H15BrO4. The summed E-state index contributed by atoms with van der Waals surface area (Å²) in [6.07, 6.45) is 3.05. The topological polar surface area (TPSA) is 44.8 Å². The average molecular weight is 315 g/mol. The lowest BCUT2D eigenvalue weighted by molar-refractivity contribution is -0.137. The van der Waals surface area contributed by atoms with Crippen LogP contribution in [0.3, 0.4) is 0 Å².